The van der Waals surface area contributed by atoms with E-state index in [2.05, 4.69) is 0 Å². The van der Waals surface area contributed by atoms with Gasteiger partial charge in [-0.25, -0.2) is 4.39 Å². The summed E-state index contributed by atoms with van der Waals surface area (Å²) in [4.78, 5) is 0.544. The van der Waals surface area contributed by atoms with Gasteiger partial charge in [-0.15, -0.1) is 11.3 Å². The van der Waals surface area contributed by atoms with E-state index < -0.39 is 5.82 Å². The molecule has 0 aliphatic heterocycles. The number of nitrogens with zero attached hydrogens (tertiary/aromatic N) is 1. The molecule has 0 aliphatic carbocycles. The van der Waals surface area contributed by atoms with Gasteiger partial charge in [0, 0.05) is 0 Å². The Morgan fingerprint density at radius 1 is 1.46 bits per heavy atom. The Morgan fingerprint density at radius 3 is 2.92 bits per heavy atom. The quantitative estimate of drug-likeness (QED) is 0.654. The van der Waals surface area contributed by atoms with Gasteiger partial charge in [-0.1, -0.05) is 17.7 Å². The third-order valence-electron chi connectivity index (χ3n) is 1.69. The van der Waals surface area contributed by atoms with Gasteiger partial charge in [-0.3, -0.25) is 0 Å². The lowest BCUT2D eigenvalue weighted by molar-refractivity contribution is 0.630. The van der Waals surface area contributed by atoms with Crippen LogP contribution in [0.1, 0.15) is 4.88 Å². The van der Waals surface area contributed by atoms with Crippen LogP contribution in [0.5, 0.6) is 0 Å². The fourth-order valence-electron chi connectivity index (χ4n) is 1.10. The molecular formula is C9H3ClFNS. The predicted octanol–water partition coefficient (Wildman–Crippen LogP) is 3.57. The zero-order valence-corrected chi connectivity index (χ0v) is 7.92. The molecule has 0 bridgehead atoms. The largest absolute Gasteiger partial charge is 0.205 e. The van der Waals surface area contributed by atoms with Crippen molar-refractivity contribution in [2.75, 3.05) is 0 Å². The van der Waals surface area contributed by atoms with Crippen molar-refractivity contribution in [3.05, 3.63) is 33.9 Å². The third-order valence-corrected chi connectivity index (χ3v) is 3.24. The molecule has 13 heavy (non-hydrogen) atoms. The second-order valence-corrected chi connectivity index (χ2v) is 3.93. The van der Waals surface area contributed by atoms with E-state index in [1.807, 2.05) is 6.07 Å². The van der Waals surface area contributed by atoms with E-state index in [-0.39, 0.29) is 5.02 Å². The van der Waals surface area contributed by atoms with Crippen molar-refractivity contribution in [2.24, 2.45) is 0 Å². The summed E-state index contributed by atoms with van der Waals surface area (Å²) < 4.78 is 13.6. The van der Waals surface area contributed by atoms with Crippen molar-refractivity contribution in [1.82, 2.24) is 0 Å². The first kappa shape index (κ1) is 8.49. The van der Waals surface area contributed by atoms with Gasteiger partial charge in [-0.2, -0.15) is 5.26 Å². The van der Waals surface area contributed by atoms with Crippen molar-refractivity contribution >= 4 is 33.0 Å². The molecule has 0 fully saturated rings. The van der Waals surface area contributed by atoms with Crippen molar-refractivity contribution in [1.29, 1.82) is 5.26 Å². The van der Waals surface area contributed by atoms with E-state index in [4.69, 9.17) is 16.9 Å². The highest BCUT2D eigenvalue weighted by atomic mass is 35.5. The number of hydrogen-bond acceptors (Lipinski definition) is 2. The molecule has 1 aromatic carbocycles. The second-order valence-electron chi connectivity index (χ2n) is 2.50. The first-order valence-corrected chi connectivity index (χ1v) is 4.69. The second kappa shape index (κ2) is 2.99. The van der Waals surface area contributed by atoms with Crippen LogP contribution < -0.4 is 0 Å². The SMILES string of the molecule is N#Cc1cc2ccc(F)c(Cl)c2s1. The lowest BCUT2D eigenvalue weighted by atomic mass is 10.2. The Bertz CT molecular complexity index is 512. The van der Waals surface area contributed by atoms with Crippen LogP contribution in [0.4, 0.5) is 4.39 Å². The maximum absolute atomic E-state index is 13.0. The fourth-order valence-corrected chi connectivity index (χ4v) is 2.27. The number of hydrogen-bond donors (Lipinski definition) is 0. The average molecular weight is 212 g/mol. The molecule has 2 rings (SSSR count). The Morgan fingerprint density at radius 2 is 2.23 bits per heavy atom. The zero-order valence-electron chi connectivity index (χ0n) is 6.34. The molecule has 0 N–H and O–H groups in total. The smallest absolute Gasteiger partial charge is 0.143 e. The van der Waals surface area contributed by atoms with E-state index in [1.165, 1.54) is 17.4 Å². The van der Waals surface area contributed by atoms with Crippen molar-refractivity contribution in [3.63, 3.8) is 0 Å². The minimum Gasteiger partial charge on any atom is -0.205 e. The van der Waals surface area contributed by atoms with Crippen molar-refractivity contribution < 1.29 is 4.39 Å². The highest BCUT2D eigenvalue weighted by Crippen LogP contribution is 2.33. The third kappa shape index (κ3) is 1.28. The first-order chi connectivity index (χ1) is 6.22. The van der Waals surface area contributed by atoms with Crippen LogP contribution >= 0.6 is 22.9 Å². The Kier molecular flexibility index (Phi) is 1.95. The molecule has 1 nitrogen and oxygen atoms in total. The molecule has 64 valence electrons. The highest BCUT2D eigenvalue weighted by molar-refractivity contribution is 7.20. The lowest BCUT2D eigenvalue weighted by Gasteiger charge is -1.93. The average Bonchev–Trinajstić information content (AvgIpc) is 2.55. The molecule has 0 radical (unpaired) electrons. The van der Waals surface area contributed by atoms with E-state index >= 15 is 0 Å². The molecule has 0 aliphatic rings. The van der Waals surface area contributed by atoms with Crippen LogP contribution in [0.15, 0.2) is 18.2 Å². The zero-order chi connectivity index (χ0) is 9.42. The molecule has 0 atom stereocenters. The number of nitriles is 1. The van der Waals surface area contributed by atoms with Crippen LogP contribution in [0, 0.1) is 17.1 Å². The van der Waals surface area contributed by atoms with Crippen LogP contribution in [-0.4, -0.2) is 0 Å². The summed E-state index contributed by atoms with van der Waals surface area (Å²) in [6, 6.07) is 6.62. The lowest BCUT2D eigenvalue weighted by Crippen LogP contribution is -1.73. The van der Waals surface area contributed by atoms with Gasteiger partial charge in [0.05, 0.1) is 9.72 Å². The van der Waals surface area contributed by atoms with Gasteiger partial charge in [0.15, 0.2) is 0 Å². The summed E-state index contributed by atoms with van der Waals surface area (Å²) in [6.45, 7) is 0. The molecule has 4 heteroatoms. The topological polar surface area (TPSA) is 23.8 Å². The first-order valence-electron chi connectivity index (χ1n) is 3.50. The summed E-state index contributed by atoms with van der Waals surface area (Å²) >= 11 is 6.93. The standard InChI is InChI=1S/C9H3ClFNS/c10-8-7(11)2-1-5-3-6(4-12)13-9(5)8/h1-3H. The molecule has 0 saturated heterocycles. The van der Waals surface area contributed by atoms with E-state index in [1.54, 1.807) is 12.1 Å². The van der Waals surface area contributed by atoms with Gasteiger partial charge < -0.3 is 0 Å². The Labute approximate surface area is 83.0 Å². The van der Waals surface area contributed by atoms with Gasteiger partial charge >= 0.3 is 0 Å². The van der Waals surface area contributed by atoms with E-state index in [0.29, 0.717) is 9.58 Å². The van der Waals surface area contributed by atoms with Gasteiger partial charge in [0.1, 0.15) is 16.8 Å². The van der Waals surface area contributed by atoms with Crippen molar-refractivity contribution in [2.45, 2.75) is 0 Å². The molecule has 1 heterocycles. The summed E-state index contributed by atoms with van der Waals surface area (Å²) in [5.74, 6) is -0.444. The number of halogens is 2. The number of benzene rings is 1. The maximum Gasteiger partial charge on any atom is 0.143 e. The molecule has 2 aromatic rings. The Balaban J connectivity index is 2.86. The highest BCUT2D eigenvalue weighted by Gasteiger charge is 2.08. The summed E-state index contributed by atoms with van der Waals surface area (Å²) in [6.07, 6.45) is 0. The monoisotopic (exact) mass is 211 g/mol. The van der Waals surface area contributed by atoms with Crippen molar-refractivity contribution in [3.8, 4) is 6.07 Å². The van der Waals surface area contributed by atoms with Gasteiger partial charge in [-0.05, 0) is 17.5 Å². The van der Waals surface area contributed by atoms with Crippen LogP contribution in [-0.2, 0) is 0 Å². The number of fused-ring (bicyclic) bond motifs is 1. The number of thiophene rings is 1. The van der Waals surface area contributed by atoms with E-state index in [9.17, 15) is 4.39 Å². The molecule has 0 unspecified atom stereocenters. The van der Waals surface area contributed by atoms with Gasteiger partial charge in [0.2, 0.25) is 0 Å². The predicted molar refractivity (Wildman–Crippen MR) is 51.5 cm³/mol. The van der Waals surface area contributed by atoms with Crippen LogP contribution in [0.2, 0.25) is 5.02 Å². The Hall–Kier alpha value is -1.11. The van der Waals surface area contributed by atoms with Gasteiger partial charge in [0.25, 0.3) is 0 Å². The van der Waals surface area contributed by atoms with E-state index in [0.717, 1.165) is 5.39 Å². The summed E-state index contributed by atoms with van der Waals surface area (Å²) in [5, 5.41) is 9.54. The maximum atomic E-state index is 13.0. The fraction of sp³-hybridized carbons (Fsp3) is 0. The molecule has 0 amide bonds. The molecular weight excluding hydrogens is 209 g/mol. The minimum absolute atomic E-state index is 0.101. The normalized spacial score (nSPS) is 10.2. The summed E-state index contributed by atoms with van der Waals surface area (Å²) in [5.41, 5.74) is 0. The summed E-state index contributed by atoms with van der Waals surface area (Å²) in [7, 11) is 0. The number of rotatable bonds is 0. The molecule has 1 aromatic heterocycles. The molecule has 0 spiro atoms. The van der Waals surface area contributed by atoms with Crippen LogP contribution in [0.25, 0.3) is 10.1 Å². The molecule has 0 saturated carbocycles. The van der Waals surface area contributed by atoms with Crippen LogP contribution in [0.3, 0.4) is 0 Å². The minimum atomic E-state index is -0.444.